The van der Waals surface area contributed by atoms with Gasteiger partial charge in [0.15, 0.2) is 0 Å². The van der Waals surface area contributed by atoms with E-state index in [2.05, 4.69) is 5.32 Å². The van der Waals surface area contributed by atoms with Crippen molar-refractivity contribution in [3.8, 4) is 0 Å². The Morgan fingerprint density at radius 3 is 2.36 bits per heavy atom. The number of halogens is 1. The van der Waals surface area contributed by atoms with Gasteiger partial charge in [-0.25, -0.2) is 0 Å². The van der Waals surface area contributed by atoms with Gasteiger partial charge in [0.2, 0.25) is 0 Å². The molecule has 0 aromatic heterocycles. The first-order chi connectivity index (χ1) is 4.86. The van der Waals surface area contributed by atoms with Crippen LogP contribution in [0.1, 0.15) is 25.7 Å². The Bertz CT molecular complexity index is 127. The molecule has 0 aromatic carbocycles. The summed E-state index contributed by atoms with van der Waals surface area (Å²) in [7, 11) is 0. The Labute approximate surface area is 73.8 Å². The van der Waals surface area contributed by atoms with Gasteiger partial charge in [0.25, 0.3) is 0 Å². The molecule has 1 saturated heterocycles. The zero-order valence-corrected chi connectivity index (χ0v) is 7.44. The van der Waals surface area contributed by atoms with E-state index < -0.39 is 0 Å². The Kier molecular flexibility index (Phi) is 3.16. The lowest BCUT2D eigenvalue weighted by Crippen LogP contribution is -2.34. The van der Waals surface area contributed by atoms with Crippen LogP contribution >= 0.6 is 12.4 Å². The minimum absolute atomic E-state index is 0. The van der Waals surface area contributed by atoms with Crippen molar-refractivity contribution in [2.45, 2.75) is 37.8 Å². The highest BCUT2D eigenvalue weighted by molar-refractivity contribution is 5.85. The van der Waals surface area contributed by atoms with Crippen molar-refractivity contribution in [3.63, 3.8) is 0 Å². The van der Waals surface area contributed by atoms with Crippen LogP contribution in [0.3, 0.4) is 0 Å². The molecule has 0 aromatic rings. The maximum atomic E-state index is 9.21. The van der Waals surface area contributed by atoms with E-state index in [1.165, 1.54) is 19.3 Å². The summed E-state index contributed by atoms with van der Waals surface area (Å²) >= 11 is 0. The molecule has 0 spiro atoms. The van der Waals surface area contributed by atoms with Gasteiger partial charge in [-0.05, 0) is 25.2 Å². The summed E-state index contributed by atoms with van der Waals surface area (Å²) in [5, 5.41) is 12.6. The molecule has 0 radical (unpaired) electrons. The molecule has 2 atom stereocenters. The van der Waals surface area contributed by atoms with Gasteiger partial charge in [0.05, 0.1) is 6.10 Å². The molecule has 1 aliphatic heterocycles. The third-order valence-corrected chi connectivity index (χ3v) is 2.86. The van der Waals surface area contributed by atoms with E-state index in [9.17, 15) is 5.11 Å². The molecular weight excluding hydrogens is 162 g/mol. The van der Waals surface area contributed by atoms with Gasteiger partial charge in [-0.1, -0.05) is 6.42 Å². The maximum Gasteiger partial charge on any atom is 0.0679 e. The minimum Gasteiger partial charge on any atom is -0.392 e. The van der Waals surface area contributed by atoms with Crippen molar-refractivity contribution in [1.82, 2.24) is 5.32 Å². The number of aliphatic hydroxyl groups is 1. The second kappa shape index (κ2) is 3.74. The Balaban J connectivity index is 0.000000605. The Morgan fingerprint density at radius 1 is 1.27 bits per heavy atom. The van der Waals surface area contributed by atoms with Gasteiger partial charge in [-0.15, -0.1) is 12.4 Å². The van der Waals surface area contributed by atoms with E-state index in [1.807, 2.05) is 0 Å². The number of hydrogen-bond acceptors (Lipinski definition) is 2. The van der Waals surface area contributed by atoms with Crippen LogP contribution in [0.5, 0.6) is 0 Å². The highest BCUT2D eigenvalue weighted by Gasteiger charge is 2.32. The van der Waals surface area contributed by atoms with Crippen molar-refractivity contribution in [2.75, 3.05) is 6.54 Å². The molecule has 2 fully saturated rings. The first kappa shape index (κ1) is 9.30. The molecule has 1 aliphatic carbocycles. The molecule has 1 saturated carbocycles. The van der Waals surface area contributed by atoms with Crippen LogP contribution in [0, 0.1) is 5.92 Å². The molecule has 2 unspecified atom stereocenters. The summed E-state index contributed by atoms with van der Waals surface area (Å²) in [6.07, 6.45) is 5.09. The standard InChI is InChI=1S/C8H15NO.ClH/c10-7-4-8(9-5-7)6-2-1-3-6;/h6-10H,1-5H2;1H. The van der Waals surface area contributed by atoms with Crippen LogP contribution in [0.2, 0.25) is 0 Å². The molecule has 2 rings (SSSR count). The van der Waals surface area contributed by atoms with E-state index in [4.69, 9.17) is 0 Å². The fourth-order valence-electron chi connectivity index (χ4n) is 1.95. The van der Waals surface area contributed by atoms with Gasteiger partial charge in [0.1, 0.15) is 0 Å². The second-order valence-corrected chi connectivity index (χ2v) is 3.60. The van der Waals surface area contributed by atoms with E-state index >= 15 is 0 Å². The summed E-state index contributed by atoms with van der Waals surface area (Å²) in [5.74, 6) is 0.886. The van der Waals surface area contributed by atoms with Crippen molar-refractivity contribution >= 4 is 12.4 Å². The van der Waals surface area contributed by atoms with Crippen LogP contribution in [-0.2, 0) is 0 Å². The lowest BCUT2D eigenvalue weighted by atomic mass is 9.79. The van der Waals surface area contributed by atoms with Crippen molar-refractivity contribution < 1.29 is 5.11 Å². The SMILES string of the molecule is Cl.OC1CNC(C2CCC2)C1. The lowest BCUT2D eigenvalue weighted by Gasteiger charge is -2.31. The lowest BCUT2D eigenvalue weighted by molar-refractivity contribution is 0.178. The molecule has 2 nitrogen and oxygen atoms in total. The van der Waals surface area contributed by atoms with Gasteiger partial charge in [-0.2, -0.15) is 0 Å². The van der Waals surface area contributed by atoms with E-state index in [0.29, 0.717) is 6.04 Å². The number of aliphatic hydroxyl groups excluding tert-OH is 1. The third-order valence-electron chi connectivity index (χ3n) is 2.86. The maximum absolute atomic E-state index is 9.21. The molecule has 2 aliphatic rings. The molecule has 66 valence electrons. The number of rotatable bonds is 1. The minimum atomic E-state index is -0.0643. The van der Waals surface area contributed by atoms with E-state index in [-0.39, 0.29) is 18.5 Å². The van der Waals surface area contributed by atoms with Crippen LogP contribution in [-0.4, -0.2) is 23.8 Å². The van der Waals surface area contributed by atoms with E-state index in [1.54, 1.807) is 0 Å². The summed E-state index contributed by atoms with van der Waals surface area (Å²) in [6.45, 7) is 0.821. The first-order valence-electron chi connectivity index (χ1n) is 4.28. The molecule has 0 bridgehead atoms. The van der Waals surface area contributed by atoms with E-state index in [0.717, 1.165) is 18.9 Å². The van der Waals surface area contributed by atoms with Gasteiger partial charge in [0, 0.05) is 12.6 Å². The molecule has 1 heterocycles. The highest BCUT2D eigenvalue weighted by Crippen LogP contribution is 2.32. The smallest absolute Gasteiger partial charge is 0.0679 e. The monoisotopic (exact) mass is 177 g/mol. The molecule has 3 heteroatoms. The zero-order chi connectivity index (χ0) is 6.97. The summed E-state index contributed by atoms with van der Waals surface area (Å²) < 4.78 is 0. The first-order valence-corrected chi connectivity index (χ1v) is 4.28. The summed E-state index contributed by atoms with van der Waals surface area (Å²) in [4.78, 5) is 0. The fraction of sp³-hybridized carbons (Fsp3) is 1.00. The van der Waals surface area contributed by atoms with Crippen LogP contribution in [0.4, 0.5) is 0 Å². The summed E-state index contributed by atoms with van der Waals surface area (Å²) in [5.41, 5.74) is 0. The van der Waals surface area contributed by atoms with Gasteiger partial charge in [-0.3, -0.25) is 0 Å². The average molecular weight is 178 g/mol. The normalized spacial score (nSPS) is 37.9. The summed E-state index contributed by atoms with van der Waals surface area (Å²) in [6, 6.07) is 0.642. The van der Waals surface area contributed by atoms with Crippen LogP contribution in [0.15, 0.2) is 0 Å². The molecular formula is C8H16ClNO. The van der Waals surface area contributed by atoms with Gasteiger partial charge < -0.3 is 10.4 Å². The molecule has 2 N–H and O–H groups in total. The van der Waals surface area contributed by atoms with Crippen molar-refractivity contribution in [1.29, 1.82) is 0 Å². The second-order valence-electron chi connectivity index (χ2n) is 3.60. The predicted octanol–water partition coefficient (Wildman–Crippen LogP) is 0.931. The van der Waals surface area contributed by atoms with Crippen molar-refractivity contribution in [2.24, 2.45) is 5.92 Å². The zero-order valence-electron chi connectivity index (χ0n) is 6.62. The number of β-amino-alcohol motifs (C(OH)–C–C–N with tert-alkyl or cyclic N) is 1. The largest absolute Gasteiger partial charge is 0.392 e. The quantitative estimate of drug-likeness (QED) is 0.625. The molecule has 11 heavy (non-hydrogen) atoms. The van der Waals surface area contributed by atoms with Crippen molar-refractivity contribution in [3.05, 3.63) is 0 Å². The topological polar surface area (TPSA) is 32.3 Å². The number of hydrogen-bond donors (Lipinski definition) is 2. The average Bonchev–Trinajstić information content (AvgIpc) is 2.10. The highest BCUT2D eigenvalue weighted by atomic mass is 35.5. The number of nitrogens with one attached hydrogen (secondary N) is 1. The predicted molar refractivity (Wildman–Crippen MR) is 47.0 cm³/mol. The van der Waals surface area contributed by atoms with Crippen LogP contribution in [0.25, 0.3) is 0 Å². The molecule has 0 amide bonds. The van der Waals surface area contributed by atoms with Crippen LogP contribution < -0.4 is 5.32 Å². The fourth-order valence-corrected chi connectivity index (χ4v) is 1.95. The third kappa shape index (κ3) is 1.86. The Hall–Kier alpha value is 0.210. The van der Waals surface area contributed by atoms with Gasteiger partial charge >= 0.3 is 0 Å². The Morgan fingerprint density at radius 2 is 2.00 bits per heavy atom.